The van der Waals surface area contributed by atoms with Gasteiger partial charge in [-0.15, -0.1) is 0 Å². The summed E-state index contributed by atoms with van der Waals surface area (Å²) in [6.45, 7) is 13.6. The van der Waals surface area contributed by atoms with Crippen molar-refractivity contribution in [2.75, 3.05) is 44.2 Å². The van der Waals surface area contributed by atoms with Crippen LogP contribution in [0.2, 0.25) is 0 Å². The van der Waals surface area contributed by atoms with Crippen molar-refractivity contribution in [3.05, 3.63) is 23.4 Å². The molecule has 2 aromatic rings. The number of amides is 1. The van der Waals surface area contributed by atoms with E-state index in [0.29, 0.717) is 17.2 Å². The molecule has 274 valence electrons. The molecule has 0 bridgehead atoms. The van der Waals surface area contributed by atoms with Gasteiger partial charge in [0.25, 0.3) is 5.91 Å². The van der Waals surface area contributed by atoms with E-state index in [-0.39, 0.29) is 23.2 Å². The summed E-state index contributed by atoms with van der Waals surface area (Å²) in [5.74, 6) is -0.543. The van der Waals surface area contributed by atoms with Crippen LogP contribution in [0.15, 0.2) is 12.1 Å². The number of rotatable bonds is 9. The Morgan fingerprint density at radius 1 is 0.896 bits per heavy atom. The molecule has 11 heteroatoms. The van der Waals surface area contributed by atoms with Crippen LogP contribution < -0.4 is 15.5 Å². The highest BCUT2D eigenvalue weighted by Gasteiger charge is 2.37. The van der Waals surface area contributed by atoms with Crippen LogP contribution in [0.1, 0.15) is 134 Å². The number of halogens is 3. The van der Waals surface area contributed by atoms with Gasteiger partial charge in [-0.2, -0.15) is 18.3 Å². The summed E-state index contributed by atoms with van der Waals surface area (Å²) in [4.78, 5) is 17.7. The SMILES string of the molecule is CCC.CCCCC.Cn1nc(C(=O)NC2CCN(CCNC3CCC(O)CC3)CC2)c2c(C(F)(F)F)cc(N3CCCCCC3)cc21. The fourth-order valence-corrected chi connectivity index (χ4v) is 6.88. The second-order valence-electron chi connectivity index (χ2n) is 13.9. The minimum atomic E-state index is -4.60. The number of piperidine rings is 1. The van der Waals surface area contributed by atoms with Crippen molar-refractivity contribution >= 4 is 22.5 Å². The maximum Gasteiger partial charge on any atom is 0.417 e. The van der Waals surface area contributed by atoms with Crippen LogP contribution in [0.4, 0.5) is 18.9 Å². The summed E-state index contributed by atoms with van der Waals surface area (Å²) in [5, 5.41) is 20.4. The normalized spacial score (nSPS) is 21.1. The fraction of sp³-hybridized carbons (Fsp3) is 0.784. The van der Waals surface area contributed by atoms with E-state index >= 15 is 0 Å². The lowest BCUT2D eigenvalue weighted by Crippen LogP contribution is -2.47. The topological polar surface area (TPSA) is 85.7 Å². The molecule has 2 saturated heterocycles. The first-order chi connectivity index (χ1) is 23.0. The minimum Gasteiger partial charge on any atom is -0.393 e. The molecular weight excluding hydrogens is 617 g/mol. The van der Waals surface area contributed by atoms with E-state index in [1.165, 1.54) is 36.4 Å². The van der Waals surface area contributed by atoms with Gasteiger partial charge < -0.3 is 25.5 Å². The Kier molecular flexibility index (Phi) is 17.0. The third kappa shape index (κ3) is 12.2. The van der Waals surface area contributed by atoms with Crippen LogP contribution in [0.3, 0.4) is 0 Å². The molecule has 2 aliphatic heterocycles. The molecule has 0 unspecified atom stereocenters. The summed E-state index contributed by atoms with van der Waals surface area (Å²) in [5.41, 5.74) is -0.0811. The van der Waals surface area contributed by atoms with Gasteiger partial charge in [0.05, 0.1) is 17.2 Å². The lowest BCUT2D eigenvalue weighted by atomic mass is 9.93. The quantitative estimate of drug-likeness (QED) is 0.252. The first-order valence-corrected chi connectivity index (χ1v) is 18.8. The number of likely N-dealkylation sites (tertiary alicyclic amines) is 1. The summed E-state index contributed by atoms with van der Waals surface area (Å²) in [7, 11) is 1.60. The predicted octanol–water partition coefficient (Wildman–Crippen LogP) is 7.67. The highest BCUT2D eigenvalue weighted by atomic mass is 19.4. The van der Waals surface area contributed by atoms with Gasteiger partial charge in [0.2, 0.25) is 0 Å². The van der Waals surface area contributed by atoms with Gasteiger partial charge in [-0.3, -0.25) is 9.48 Å². The third-order valence-corrected chi connectivity index (χ3v) is 9.62. The number of unbranched alkanes of at least 4 members (excludes halogenated alkanes) is 2. The molecule has 0 atom stereocenters. The van der Waals surface area contributed by atoms with Crippen molar-refractivity contribution in [1.82, 2.24) is 25.3 Å². The van der Waals surface area contributed by atoms with Gasteiger partial charge in [-0.05, 0) is 63.5 Å². The third-order valence-electron chi connectivity index (χ3n) is 9.62. The molecule has 3 aliphatic rings. The molecule has 1 aliphatic carbocycles. The van der Waals surface area contributed by atoms with E-state index in [2.05, 4.69) is 48.3 Å². The smallest absolute Gasteiger partial charge is 0.393 e. The number of nitrogens with one attached hydrogen (secondary N) is 2. The predicted molar refractivity (Wildman–Crippen MR) is 191 cm³/mol. The number of benzene rings is 1. The lowest BCUT2D eigenvalue weighted by Gasteiger charge is -2.33. The number of hydrogen-bond donors (Lipinski definition) is 3. The number of fused-ring (bicyclic) bond motifs is 1. The zero-order valence-electron chi connectivity index (χ0n) is 30.3. The van der Waals surface area contributed by atoms with Crippen LogP contribution >= 0.6 is 0 Å². The van der Waals surface area contributed by atoms with Crippen molar-refractivity contribution in [2.24, 2.45) is 7.05 Å². The fourth-order valence-electron chi connectivity index (χ4n) is 6.88. The van der Waals surface area contributed by atoms with Gasteiger partial charge in [-0.25, -0.2) is 0 Å². The Balaban J connectivity index is 0.000000705. The highest BCUT2D eigenvalue weighted by Crippen LogP contribution is 2.39. The Bertz CT molecular complexity index is 1210. The molecule has 0 spiro atoms. The average molecular weight is 681 g/mol. The zero-order valence-corrected chi connectivity index (χ0v) is 30.3. The van der Waals surface area contributed by atoms with Crippen molar-refractivity contribution in [3.63, 3.8) is 0 Å². The van der Waals surface area contributed by atoms with Gasteiger partial charge >= 0.3 is 6.18 Å². The van der Waals surface area contributed by atoms with E-state index in [4.69, 9.17) is 0 Å². The molecule has 1 aromatic heterocycles. The van der Waals surface area contributed by atoms with Crippen LogP contribution in [0, 0.1) is 0 Å². The largest absolute Gasteiger partial charge is 0.417 e. The van der Waals surface area contributed by atoms with E-state index < -0.39 is 17.6 Å². The van der Waals surface area contributed by atoms with Gasteiger partial charge in [0.15, 0.2) is 5.69 Å². The molecule has 1 aromatic carbocycles. The van der Waals surface area contributed by atoms with Gasteiger partial charge in [-0.1, -0.05) is 66.2 Å². The Morgan fingerprint density at radius 3 is 2.04 bits per heavy atom. The van der Waals surface area contributed by atoms with Crippen molar-refractivity contribution in [3.8, 4) is 0 Å². The van der Waals surface area contributed by atoms with Gasteiger partial charge in [0.1, 0.15) is 0 Å². The summed E-state index contributed by atoms with van der Waals surface area (Å²) < 4.78 is 44.4. The van der Waals surface area contributed by atoms with E-state index in [1.54, 1.807) is 13.1 Å². The lowest BCUT2D eigenvalue weighted by molar-refractivity contribution is -0.136. The first kappa shape index (κ1) is 40.1. The zero-order chi connectivity index (χ0) is 35.1. The number of carbonyl (C=O) groups excluding carboxylic acids is 1. The molecule has 3 heterocycles. The average Bonchev–Trinajstić information content (AvgIpc) is 3.20. The van der Waals surface area contributed by atoms with Crippen molar-refractivity contribution in [2.45, 2.75) is 142 Å². The highest BCUT2D eigenvalue weighted by molar-refractivity contribution is 6.07. The number of aliphatic hydroxyl groups is 1. The van der Waals surface area contributed by atoms with Crippen LogP contribution in [-0.4, -0.2) is 83.2 Å². The number of carbonyl (C=O) groups is 1. The number of nitrogens with zero attached hydrogens (tertiary/aromatic N) is 4. The Morgan fingerprint density at radius 2 is 1.50 bits per heavy atom. The number of anilines is 1. The van der Waals surface area contributed by atoms with E-state index in [1.807, 2.05) is 4.90 Å². The monoisotopic (exact) mass is 680 g/mol. The molecule has 1 amide bonds. The maximum absolute atomic E-state index is 14.3. The molecule has 48 heavy (non-hydrogen) atoms. The molecule has 3 N–H and O–H groups in total. The molecule has 0 radical (unpaired) electrons. The summed E-state index contributed by atoms with van der Waals surface area (Å²) in [6.07, 6.45) is 9.89. The van der Waals surface area contributed by atoms with Crippen molar-refractivity contribution < 1.29 is 23.1 Å². The standard InChI is InChI=1S/C29H43F3N6O2.C5H12.C3H8/c1-36-25-19-22(38-13-4-2-3-5-14-38)18-24(29(30,31)32)26(25)27(35-36)28(40)34-21-10-15-37(16-11-21)17-12-33-20-6-8-23(39)9-7-20;1-3-5-4-2;1-3-2/h18-21,23,33,39H,2-17H2,1H3,(H,34,40);3-5H2,1-2H3;3H2,1-2H3. The number of alkyl halides is 3. The first-order valence-electron chi connectivity index (χ1n) is 18.8. The van der Waals surface area contributed by atoms with Crippen LogP contribution in [-0.2, 0) is 13.2 Å². The molecule has 3 fully saturated rings. The van der Waals surface area contributed by atoms with Crippen molar-refractivity contribution in [1.29, 1.82) is 0 Å². The van der Waals surface area contributed by atoms with E-state index in [0.717, 1.165) is 103 Å². The molecule has 1 saturated carbocycles. The van der Waals surface area contributed by atoms with Gasteiger partial charge in [0, 0.05) is 69.5 Å². The second-order valence-corrected chi connectivity index (χ2v) is 13.9. The number of aryl methyl sites for hydroxylation is 1. The summed E-state index contributed by atoms with van der Waals surface area (Å²) in [6, 6.07) is 3.32. The number of aliphatic hydroxyl groups excluding tert-OH is 1. The van der Waals surface area contributed by atoms with Crippen LogP contribution in [0.5, 0.6) is 0 Å². The molecule has 8 nitrogen and oxygen atoms in total. The Labute approximate surface area is 287 Å². The Hall–Kier alpha value is -2.37. The number of aromatic nitrogens is 2. The molecule has 5 rings (SSSR count). The van der Waals surface area contributed by atoms with Crippen LogP contribution in [0.25, 0.3) is 10.9 Å². The summed E-state index contributed by atoms with van der Waals surface area (Å²) >= 11 is 0. The number of hydrogen-bond acceptors (Lipinski definition) is 6. The van der Waals surface area contributed by atoms with E-state index in [9.17, 15) is 23.1 Å². The second kappa shape index (κ2) is 20.3. The molecular formula is C37H63F3N6O2. The minimum absolute atomic E-state index is 0.0979. The maximum atomic E-state index is 14.3.